The lowest BCUT2D eigenvalue weighted by molar-refractivity contribution is 0.0916. The van der Waals surface area contributed by atoms with Gasteiger partial charge >= 0.3 is 0 Å². The van der Waals surface area contributed by atoms with Crippen molar-refractivity contribution >= 4 is 30.9 Å². The van der Waals surface area contributed by atoms with Crippen LogP contribution in [0.1, 0.15) is 25.8 Å². The van der Waals surface area contributed by atoms with Crippen LogP contribution in [-0.2, 0) is 10.8 Å². The van der Waals surface area contributed by atoms with E-state index >= 15 is 0 Å². The van der Waals surface area contributed by atoms with E-state index in [-0.39, 0.29) is 5.60 Å². The Bertz CT molecular complexity index is 351. The van der Waals surface area contributed by atoms with Crippen molar-refractivity contribution in [3.05, 3.63) is 33.4 Å². The summed E-state index contributed by atoms with van der Waals surface area (Å²) in [7, 11) is -1.44. The Morgan fingerprint density at radius 3 is 2.12 bits per heavy atom. The number of hydrogen-bond acceptors (Lipinski definition) is 1. The molecule has 1 aromatic rings. The fourth-order valence-electron chi connectivity index (χ4n) is 1.98. The molecule has 96 valence electrons. The molecule has 0 aliphatic heterocycles. The van der Waals surface area contributed by atoms with E-state index in [4.69, 9.17) is 4.43 Å². The van der Waals surface area contributed by atoms with Gasteiger partial charge in [0, 0.05) is 3.57 Å². The molecule has 0 fully saturated rings. The van der Waals surface area contributed by atoms with Crippen LogP contribution in [0.3, 0.4) is 0 Å². The van der Waals surface area contributed by atoms with Crippen molar-refractivity contribution in [2.24, 2.45) is 0 Å². The topological polar surface area (TPSA) is 9.23 Å². The Morgan fingerprint density at radius 1 is 1.12 bits per heavy atom. The highest BCUT2D eigenvalue weighted by Crippen LogP contribution is 2.23. The van der Waals surface area contributed by atoms with Crippen molar-refractivity contribution in [3.8, 4) is 0 Å². The van der Waals surface area contributed by atoms with Crippen molar-refractivity contribution in [2.75, 3.05) is 0 Å². The lowest BCUT2D eigenvalue weighted by Crippen LogP contribution is -2.38. The first kappa shape index (κ1) is 15.2. The summed E-state index contributed by atoms with van der Waals surface area (Å²) in [5.41, 5.74) is 1.39. The van der Waals surface area contributed by atoms with Gasteiger partial charge in [-0.1, -0.05) is 12.1 Å². The van der Waals surface area contributed by atoms with E-state index in [1.807, 2.05) is 0 Å². The van der Waals surface area contributed by atoms with Crippen molar-refractivity contribution in [3.63, 3.8) is 0 Å². The lowest BCUT2D eigenvalue weighted by atomic mass is 9.99. The van der Waals surface area contributed by atoms with Gasteiger partial charge in [-0.05, 0) is 86.6 Å². The molecule has 1 aromatic carbocycles. The first-order chi connectivity index (χ1) is 7.68. The van der Waals surface area contributed by atoms with Crippen LogP contribution in [0, 0.1) is 3.57 Å². The smallest absolute Gasteiger partial charge is 0.184 e. The summed E-state index contributed by atoms with van der Waals surface area (Å²) in [6.07, 6.45) is 2.17. The first-order valence-corrected chi connectivity index (χ1v) is 10.6. The van der Waals surface area contributed by atoms with Crippen molar-refractivity contribution in [1.82, 2.24) is 0 Å². The van der Waals surface area contributed by atoms with E-state index in [1.54, 1.807) is 0 Å². The summed E-state index contributed by atoms with van der Waals surface area (Å²) in [6.45, 7) is 11.2. The van der Waals surface area contributed by atoms with E-state index in [2.05, 4.69) is 80.3 Å². The Balaban J connectivity index is 2.52. The molecule has 0 aliphatic rings. The van der Waals surface area contributed by atoms with Gasteiger partial charge in [0.25, 0.3) is 0 Å². The third kappa shape index (κ3) is 6.57. The zero-order valence-corrected chi connectivity index (χ0v) is 14.7. The maximum Gasteiger partial charge on any atom is 0.184 e. The second-order valence-electron chi connectivity index (χ2n) is 6.10. The third-order valence-electron chi connectivity index (χ3n) is 2.51. The Hall–Kier alpha value is 0.127. The highest BCUT2D eigenvalue weighted by atomic mass is 127. The zero-order chi connectivity index (χ0) is 13.1. The molecule has 0 bridgehead atoms. The van der Waals surface area contributed by atoms with Crippen molar-refractivity contribution in [2.45, 2.75) is 51.9 Å². The van der Waals surface area contributed by atoms with Gasteiger partial charge in [0.15, 0.2) is 8.32 Å². The van der Waals surface area contributed by atoms with Gasteiger partial charge in [-0.2, -0.15) is 0 Å². The van der Waals surface area contributed by atoms with E-state index in [1.165, 1.54) is 9.13 Å². The Morgan fingerprint density at radius 2 is 1.65 bits per heavy atom. The molecule has 0 atom stereocenters. The second kappa shape index (κ2) is 5.84. The molecule has 0 radical (unpaired) electrons. The zero-order valence-electron chi connectivity index (χ0n) is 11.5. The van der Waals surface area contributed by atoms with Gasteiger partial charge in [0.1, 0.15) is 0 Å². The number of halogens is 1. The normalized spacial score (nSPS) is 12.8. The fourth-order valence-corrected chi connectivity index (χ4v) is 4.10. The summed E-state index contributed by atoms with van der Waals surface area (Å²) < 4.78 is 7.50. The molecule has 0 aliphatic carbocycles. The second-order valence-corrected chi connectivity index (χ2v) is 11.8. The average molecular weight is 362 g/mol. The van der Waals surface area contributed by atoms with Gasteiger partial charge in [-0.25, -0.2) is 0 Å². The highest BCUT2D eigenvalue weighted by molar-refractivity contribution is 14.1. The standard InChI is InChI=1S/C14H23IOSi/c1-14(2,16-17(3,4)5)11-10-12-6-8-13(15)9-7-12/h6-9H,10-11H2,1-5H3. The minimum absolute atomic E-state index is 0.00648. The van der Waals surface area contributed by atoms with Crippen LogP contribution < -0.4 is 0 Å². The molecule has 0 unspecified atom stereocenters. The average Bonchev–Trinajstić information content (AvgIpc) is 2.13. The Kier molecular flexibility index (Phi) is 5.22. The molecule has 0 saturated heterocycles. The monoisotopic (exact) mass is 362 g/mol. The summed E-state index contributed by atoms with van der Waals surface area (Å²) in [4.78, 5) is 0. The van der Waals surface area contributed by atoms with Gasteiger partial charge in [0.05, 0.1) is 5.60 Å². The molecule has 0 heterocycles. The van der Waals surface area contributed by atoms with Crippen LogP contribution in [0.5, 0.6) is 0 Å². The summed E-state index contributed by atoms with van der Waals surface area (Å²) >= 11 is 2.34. The van der Waals surface area contributed by atoms with Crippen molar-refractivity contribution in [1.29, 1.82) is 0 Å². The predicted molar refractivity (Wildman–Crippen MR) is 86.0 cm³/mol. The van der Waals surface area contributed by atoms with E-state index in [0.717, 1.165) is 12.8 Å². The SMILES string of the molecule is CC(C)(CCc1ccc(I)cc1)O[Si](C)(C)C. The van der Waals surface area contributed by atoms with Gasteiger partial charge < -0.3 is 4.43 Å². The van der Waals surface area contributed by atoms with Crippen LogP contribution in [0.15, 0.2) is 24.3 Å². The molecule has 1 rings (SSSR count). The lowest BCUT2D eigenvalue weighted by Gasteiger charge is -2.33. The Labute approximate surface area is 120 Å². The minimum atomic E-state index is -1.44. The maximum atomic E-state index is 6.21. The number of benzene rings is 1. The molecule has 0 saturated carbocycles. The number of rotatable bonds is 5. The van der Waals surface area contributed by atoms with E-state index in [0.29, 0.717) is 0 Å². The maximum absolute atomic E-state index is 6.21. The third-order valence-corrected chi connectivity index (χ3v) is 4.40. The van der Waals surface area contributed by atoms with Crippen LogP contribution >= 0.6 is 22.6 Å². The molecular formula is C14H23IOSi. The summed E-state index contributed by atoms with van der Waals surface area (Å²) in [5.74, 6) is 0. The van der Waals surface area contributed by atoms with Crippen LogP contribution in [0.25, 0.3) is 0 Å². The predicted octanol–water partition coefficient (Wildman–Crippen LogP) is 4.85. The molecule has 0 amide bonds. The molecule has 0 aromatic heterocycles. The molecule has 3 heteroatoms. The summed E-state index contributed by atoms with van der Waals surface area (Å²) in [6, 6.07) is 8.77. The molecular weight excluding hydrogens is 339 g/mol. The molecule has 1 nitrogen and oxygen atoms in total. The van der Waals surface area contributed by atoms with Gasteiger partial charge in [0.2, 0.25) is 0 Å². The first-order valence-electron chi connectivity index (χ1n) is 6.13. The van der Waals surface area contributed by atoms with Crippen LogP contribution in [0.4, 0.5) is 0 Å². The molecule has 0 spiro atoms. The van der Waals surface area contributed by atoms with E-state index in [9.17, 15) is 0 Å². The number of hydrogen-bond donors (Lipinski definition) is 0. The van der Waals surface area contributed by atoms with Gasteiger partial charge in [-0.15, -0.1) is 0 Å². The number of aryl methyl sites for hydroxylation is 1. The van der Waals surface area contributed by atoms with Crippen LogP contribution in [-0.4, -0.2) is 13.9 Å². The van der Waals surface area contributed by atoms with Crippen molar-refractivity contribution < 1.29 is 4.43 Å². The minimum Gasteiger partial charge on any atom is -0.413 e. The largest absolute Gasteiger partial charge is 0.413 e. The van der Waals surface area contributed by atoms with Crippen LogP contribution in [0.2, 0.25) is 19.6 Å². The quantitative estimate of drug-likeness (QED) is 0.537. The fraction of sp³-hybridized carbons (Fsp3) is 0.571. The van der Waals surface area contributed by atoms with Gasteiger partial charge in [-0.3, -0.25) is 0 Å². The summed E-state index contributed by atoms with van der Waals surface area (Å²) in [5, 5.41) is 0. The van der Waals surface area contributed by atoms with E-state index < -0.39 is 8.32 Å². The molecule has 0 N–H and O–H groups in total. The highest BCUT2D eigenvalue weighted by Gasteiger charge is 2.26. The molecule has 17 heavy (non-hydrogen) atoms.